The van der Waals surface area contributed by atoms with Crippen LogP contribution in [0.1, 0.15) is 11.1 Å². The molecule has 0 saturated carbocycles. The topological polar surface area (TPSA) is 82.5 Å². The quantitative estimate of drug-likeness (QED) is 0.521. The van der Waals surface area contributed by atoms with Crippen molar-refractivity contribution in [3.8, 4) is 5.75 Å². The summed E-state index contributed by atoms with van der Waals surface area (Å²) in [6, 6.07) is 23.8. The fourth-order valence-electron chi connectivity index (χ4n) is 3.15. The van der Waals surface area contributed by atoms with Crippen LogP contribution in [0, 0.1) is 12.3 Å². The van der Waals surface area contributed by atoms with Crippen molar-refractivity contribution in [2.75, 3.05) is 16.8 Å². The van der Waals surface area contributed by atoms with Gasteiger partial charge in [0, 0.05) is 11.3 Å². The summed E-state index contributed by atoms with van der Waals surface area (Å²) in [5, 5.41) is 11.2. The Bertz CT molecular complexity index is 1190. The number of benzene rings is 3. The van der Waals surface area contributed by atoms with Crippen LogP contribution in [0.4, 0.5) is 11.4 Å². The number of nitrogens with zero attached hydrogens (tertiary/aromatic N) is 1. The number of aryl methyl sites for hydroxylation is 1. The molecule has 4 rings (SSSR count). The molecule has 1 saturated heterocycles. The van der Waals surface area contributed by atoms with Gasteiger partial charge in [-0.3, -0.25) is 19.9 Å². The summed E-state index contributed by atoms with van der Waals surface area (Å²) in [6.45, 7) is 1.81. The number of amidine groups is 1. The van der Waals surface area contributed by atoms with Crippen LogP contribution in [0.2, 0.25) is 0 Å². The zero-order chi connectivity index (χ0) is 22.5. The second kappa shape index (κ2) is 9.53. The minimum Gasteiger partial charge on any atom is -0.483 e. The van der Waals surface area contributed by atoms with E-state index in [1.807, 2.05) is 61.5 Å². The van der Waals surface area contributed by atoms with Crippen LogP contribution in [0.3, 0.4) is 0 Å². The third-order valence-corrected chi connectivity index (χ3v) is 5.63. The molecule has 7 heteroatoms. The molecular formula is C25H21N3O3S. The molecule has 1 fully saturated rings. The molecule has 32 heavy (non-hydrogen) atoms. The van der Waals surface area contributed by atoms with E-state index in [1.165, 1.54) is 4.90 Å². The second-order valence-corrected chi connectivity index (χ2v) is 8.16. The monoisotopic (exact) mass is 443 g/mol. The highest BCUT2D eigenvalue weighted by Gasteiger charge is 2.33. The van der Waals surface area contributed by atoms with Crippen LogP contribution in [0.15, 0.2) is 83.8 Å². The number of nitrogens with one attached hydrogen (secondary N) is 2. The fourth-order valence-corrected chi connectivity index (χ4v) is 4.00. The number of thioether (sulfide) groups is 1. The Morgan fingerprint density at radius 3 is 2.47 bits per heavy atom. The van der Waals surface area contributed by atoms with E-state index in [4.69, 9.17) is 10.1 Å². The fraction of sp³-hybridized carbons (Fsp3) is 0.0800. The molecule has 0 unspecified atom stereocenters. The van der Waals surface area contributed by atoms with Crippen molar-refractivity contribution in [2.24, 2.45) is 0 Å². The van der Waals surface area contributed by atoms with E-state index >= 15 is 0 Å². The first kappa shape index (κ1) is 21.4. The maximum Gasteiger partial charge on any atom is 0.271 e. The minimum absolute atomic E-state index is 0.142. The molecule has 3 aromatic carbocycles. The van der Waals surface area contributed by atoms with Gasteiger partial charge in [0.2, 0.25) is 0 Å². The van der Waals surface area contributed by atoms with Gasteiger partial charge in [0.25, 0.3) is 11.8 Å². The normalized spacial score (nSPS) is 14.7. The largest absolute Gasteiger partial charge is 0.483 e. The van der Waals surface area contributed by atoms with Gasteiger partial charge >= 0.3 is 0 Å². The summed E-state index contributed by atoms with van der Waals surface area (Å²) in [5.74, 6) is -0.0603. The molecule has 0 spiro atoms. The summed E-state index contributed by atoms with van der Waals surface area (Å²) in [6.07, 6.45) is 1.69. The zero-order valence-electron chi connectivity index (χ0n) is 17.4. The first-order valence-corrected chi connectivity index (χ1v) is 10.8. The predicted molar refractivity (Wildman–Crippen MR) is 129 cm³/mol. The van der Waals surface area contributed by atoms with Gasteiger partial charge in [-0.1, -0.05) is 54.1 Å². The lowest BCUT2D eigenvalue weighted by atomic mass is 10.2. The number of anilines is 2. The number of amides is 2. The highest BCUT2D eigenvalue weighted by molar-refractivity contribution is 8.19. The van der Waals surface area contributed by atoms with Gasteiger partial charge in [-0.2, -0.15) is 0 Å². The molecule has 1 aliphatic heterocycles. The third kappa shape index (κ3) is 4.90. The van der Waals surface area contributed by atoms with Gasteiger partial charge in [0.15, 0.2) is 11.8 Å². The Balaban J connectivity index is 1.47. The van der Waals surface area contributed by atoms with Crippen LogP contribution < -0.4 is 15.0 Å². The molecular weight excluding hydrogens is 422 g/mol. The summed E-state index contributed by atoms with van der Waals surface area (Å²) in [5.41, 5.74) is 3.12. The lowest BCUT2D eigenvalue weighted by molar-refractivity contribution is -0.118. The Morgan fingerprint density at radius 1 is 1.03 bits per heavy atom. The van der Waals surface area contributed by atoms with Crippen molar-refractivity contribution in [3.05, 3.63) is 94.9 Å². The number of rotatable bonds is 6. The molecule has 1 heterocycles. The van der Waals surface area contributed by atoms with Crippen molar-refractivity contribution in [1.82, 2.24) is 0 Å². The molecule has 2 amide bonds. The molecule has 0 radical (unpaired) electrons. The van der Waals surface area contributed by atoms with Crippen LogP contribution in [0.25, 0.3) is 6.08 Å². The van der Waals surface area contributed by atoms with Crippen molar-refractivity contribution < 1.29 is 14.3 Å². The Morgan fingerprint density at radius 2 is 1.72 bits per heavy atom. The third-order valence-electron chi connectivity index (χ3n) is 4.74. The van der Waals surface area contributed by atoms with Gasteiger partial charge in [-0.15, -0.1) is 0 Å². The second-order valence-electron chi connectivity index (χ2n) is 7.13. The summed E-state index contributed by atoms with van der Waals surface area (Å²) >= 11 is 1.09. The first-order valence-electron chi connectivity index (χ1n) is 9.97. The molecule has 0 aliphatic carbocycles. The molecule has 160 valence electrons. The average Bonchev–Trinajstić information content (AvgIpc) is 3.08. The highest BCUT2D eigenvalue weighted by Crippen LogP contribution is 2.36. The van der Waals surface area contributed by atoms with Crippen LogP contribution in [0.5, 0.6) is 5.75 Å². The van der Waals surface area contributed by atoms with Gasteiger partial charge in [0.1, 0.15) is 5.75 Å². The summed E-state index contributed by atoms with van der Waals surface area (Å²) < 4.78 is 5.73. The van der Waals surface area contributed by atoms with E-state index in [0.717, 1.165) is 17.3 Å². The van der Waals surface area contributed by atoms with Gasteiger partial charge < -0.3 is 10.1 Å². The molecule has 0 atom stereocenters. The number of hydrogen-bond donors (Lipinski definition) is 2. The predicted octanol–water partition coefficient (Wildman–Crippen LogP) is 5.07. The van der Waals surface area contributed by atoms with Crippen LogP contribution >= 0.6 is 11.8 Å². The Kier molecular flexibility index (Phi) is 6.37. The number of carbonyl (C=O) groups is 2. The summed E-state index contributed by atoms with van der Waals surface area (Å²) in [7, 11) is 0. The average molecular weight is 444 g/mol. The van der Waals surface area contributed by atoms with Crippen LogP contribution in [-0.4, -0.2) is 23.6 Å². The number of para-hydroxylation sites is 2. The first-order chi connectivity index (χ1) is 15.5. The van der Waals surface area contributed by atoms with Crippen LogP contribution in [-0.2, 0) is 9.59 Å². The molecule has 3 aromatic rings. The Hall–Kier alpha value is -3.84. The van der Waals surface area contributed by atoms with E-state index in [1.54, 1.807) is 30.3 Å². The molecule has 0 bridgehead atoms. The van der Waals surface area contributed by atoms with E-state index in [9.17, 15) is 9.59 Å². The van der Waals surface area contributed by atoms with Crippen molar-refractivity contribution in [2.45, 2.75) is 6.92 Å². The van der Waals surface area contributed by atoms with Crippen molar-refractivity contribution >= 4 is 46.2 Å². The van der Waals surface area contributed by atoms with E-state index in [-0.39, 0.29) is 23.6 Å². The van der Waals surface area contributed by atoms with Crippen molar-refractivity contribution in [1.29, 1.82) is 5.41 Å². The SMILES string of the molecule is Cc1ccc(NC(=O)COc2ccccc2C=C2SC(=N)N(c3ccccc3)C2=O)cc1. The number of carbonyl (C=O) groups excluding carboxylic acids is 2. The maximum atomic E-state index is 12.9. The van der Waals surface area contributed by atoms with Gasteiger partial charge in [-0.05, 0) is 55.1 Å². The van der Waals surface area contributed by atoms with E-state index in [0.29, 0.717) is 27.6 Å². The lowest BCUT2D eigenvalue weighted by Gasteiger charge is -2.13. The standard InChI is InChI=1S/C25H21N3O3S/c1-17-11-13-19(14-12-17)27-23(29)16-31-21-10-6-5-7-18(21)15-22-24(30)28(25(26)32-22)20-8-3-2-4-9-20/h2-15,26H,16H2,1H3,(H,27,29). The molecule has 0 aromatic heterocycles. The van der Waals surface area contributed by atoms with E-state index in [2.05, 4.69) is 5.32 Å². The minimum atomic E-state index is -0.278. The number of ether oxygens (including phenoxy) is 1. The Labute approximate surface area is 190 Å². The van der Waals surface area contributed by atoms with Gasteiger partial charge in [-0.25, -0.2) is 0 Å². The molecule has 2 N–H and O–H groups in total. The maximum absolute atomic E-state index is 12.9. The van der Waals surface area contributed by atoms with Crippen molar-refractivity contribution in [3.63, 3.8) is 0 Å². The number of hydrogen-bond acceptors (Lipinski definition) is 5. The zero-order valence-corrected chi connectivity index (χ0v) is 18.2. The highest BCUT2D eigenvalue weighted by atomic mass is 32.2. The lowest BCUT2D eigenvalue weighted by Crippen LogP contribution is -2.27. The summed E-state index contributed by atoms with van der Waals surface area (Å²) in [4.78, 5) is 27.0. The molecule has 1 aliphatic rings. The van der Waals surface area contributed by atoms with Gasteiger partial charge in [0.05, 0.1) is 10.6 Å². The van der Waals surface area contributed by atoms with E-state index < -0.39 is 0 Å². The smallest absolute Gasteiger partial charge is 0.271 e. The molecule has 6 nitrogen and oxygen atoms in total.